The molecule has 0 aliphatic rings. The maximum Gasteiger partial charge on any atom is 0.220 e. The van der Waals surface area contributed by atoms with Gasteiger partial charge in [-0.15, -0.1) is 0 Å². The molecule has 2 atom stereocenters. The number of amides is 1. The van der Waals surface area contributed by atoms with Crippen molar-refractivity contribution in [2.45, 2.75) is 39.2 Å². The Morgan fingerprint density at radius 2 is 2.11 bits per heavy atom. The first-order valence-electron chi connectivity index (χ1n) is 6.77. The lowest BCUT2D eigenvalue weighted by atomic mass is 10.0. The van der Waals surface area contributed by atoms with Crippen molar-refractivity contribution in [1.29, 1.82) is 0 Å². The molecule has 3 nitrogen and oxygen atoms in total. The van der Waals surface area contributed by atoms with Crippen LogP contribution in [0.25, 0.3) is 0 Å². The zero-order chi connectivity index (χ0) is 14.3. The quantitative estimate of drug-likeness (QED) is 0.797. The first-order valence-corrected chi connectivity index (χ1v) is 6.77. The fourth-order valence-electron chi connectivity index (χ4n) is 1.98. The van der Waals surface area contributed by atoms with Gasteiger partial charge in [0, 0.05) is 6.42 Å². The molecule has 0 saturated carbocycles. The standard InChI is InChI=1S/C15H23FN2O/c1-11(8-9-17)6-7-15(19)18-12(2)13-4-3-5-14(16)10-13/h3-5,10-12H,6-9,17H2,1-2H3,(H,18,19)/t11?,12-/m0/s1. The summed E-state index contributed by atoms with van der Waals surface area (Å²) in [5.74, 6) is 0.177. The second-order valence-corrected chi connectivity index (χ2v) is 5.07. The number of carbonyl (C=O) groups excluding carboxylic acids is 1. The first-order chi connectivity index (χ1) is 9.02. The van der Waals surface area contributed by atoms with E-state index in [2.05, 4.69) is 12.2 Å². The largest absolute Gasteiger partial charge is 0.350 e. The van der Waals surface area contributed by atoms with Gasteiger partial charge < -0.3 is 11.1 Å². The van der Waals surface area contributed by atoms with Crippen LogP contribution in [-0.4, -0.2) is 12.5 Å². The minimum atomic E-state index is -0.282. The minimum absolute atomic E-state index is 0.000586. The topological polar surface area (TPSA) is 55.1 Å². The molecule has 0 fully saturated rings. The van der Waals surface area contributed by atoms with E-state index in [1.165, 1.54) is 12.1 Å². The number of rotatable bonds is 7. The van der Waals surface area contributed by atoms with Crippen LogP contribution in [0.5, 0.6) is 0 Å². The van der Waals surface area contributed by atoms with Crippen molar-refractivity contribution in [3.63, 3.8) is 0 Å². The lowest BCUT2D eigenvalue weighted by molar-refractivity contribution is -0.122. The van der Waals surface area contributed by atoms with E-state index in [0.29, 0.717) is 18.9 Å². The molecule has 1 rings (SSSR count). The smallest absolute Gasteiger partial charge is 0.220 e. The van der Waals surface area contributed by atoms with E-state index in [1.54, 1.807) is 6.07 Å². The summed E-state index contributed by atoms with van der Waals surface area (Å²) in [5.41, 5.74) is 6.25. The van der Waals surface area contributed by atoms with Crippen molar-refractivity contribution in [3.8, 4) is 0 Å². The molecular weight excluding hydrogens is 243 g/mol. The predicted molar refractivity (Wildman–Crippen MR) is 75.0 cm³/mol. The first kappa shape index (κ1) is 15.6. The third kappa shape index (κ3) is 5.83. The normalized spacial score (nSPS) is 13.9. The fourth-order valence-corrected chi connectivity index (χ4v) is 1.98. The van der Waals surface area contributed by atoms with Gasteiger partial charge in [-0.1, -0.05) is 19.1 Å². The Balaban J connectivity index is 2.40. The number of hydrogen-bond acceptors (Lipinski definition) is 2. The molecule has 106 valence electrons. The summed E-state index contributed by atoms with van der Waals surface area (Å²) in [6, 6.07) is 6.13. The average Bonchev–Trinajstić information content (AvgIpc) is 2.36. The van der Waals surface area contributed by atoms with Crippen LogP contribution in [0, 0.1) is 11.7 Å². The van der Waals surface area contributed by atoms with Crippen LogP contribution in [0.1, 0.15) is 44.7 Å². The fraction of sp³-hybridized carbons (Fsp3) is 0.533. The molecule has 0 aromatic heterocycles. The molecule has 0 heterocycles. The zero-order valence-corrected chi connectivity index (χ0v) is 11.7. The Bertz CT molecular complexity index is 409. The molecule has 1 aromatic carbocycles. The predicted octanol–water partition coefficient (Wildman–Crippen LogP) is 2.77. The molecule has 0 radical (unpaired) electrons. The van der Waals surface area contributed by atoms with Crippen LogP contribution in [0.3, 0.4) is 0 Å². The van der Waals surface area contributed by atoms with Crippen molar-refractivity contribution >= 4 is 5.91 Å². The van der Waals surface area contributed by atoms with E-state index in [-0.39, 0.29) is 17.8 Å². The molecule has 1 amide bonds. The zero-order valence-electron chi connectivity index (χ0n) is 11.7. The highest BCUT2D eigenvalue weighted by molar-refractivity contribution is 5.76. The van der Waals surface area contributed by atoms with Gasteiger partial charge in [-0.3, -0.25) is 4.79 Å². The summed E-state index contributed by atoms with van der Waals surface area (Å²) in [7, 11) is 0. The second kappa shape index (κ2) is 7.89. The molecule has 4 heteroatoms. The average molecular weight is 266 g/mol. The molecule has 19 heavy (non-hydrogen) atoms. The maximum absolute atomic E-state index is 13.1. The highest BCUT2D eigenvalue weighted by Gasteiger charge is 2.11. The molecule has 0 bridgehead atoms. The molecule has 0 saturated heterocycles. The van der Waals surface area contributed by atoms with Gasteiger partial charge in [-0.25, -0.2) is 4.39 Å². The van der Waals surface area contributed by atoms with Crippen molar-refractivity contribution in [1.82, 2.24) is 5.32 Å². The summed E-state index contributed by atoms with van der Waals surface area (Å²) in [6.07, 6.45) is 2.26. The maximum atomic E-state index is 13.1. The molecule has 0 aliphatic heterocycles. The van der Waals surface area contributed by atoms with E-state index in [0.717, 1.165) is 18.4 Å². The van der Waals surface area contributed by atoms with Gasteiger partial charge in [0.2, 0.25) is 5.91 Å². The Hall–Kier alpha value is -1.42. The summed E-state index contributed by atoms with van der Waals surface area (Å²) in [5, 5.41) is 2.88. The Morgan fingerprint density at radius 1 is 1.37 bits per heavy atom. The van der Waals surface area contributed by atoms with Crippen LogP contribution in [0.15, 0.2) is 24.3 Å². The Kier molecular flexibility index (Phi) is 6.50. The Labute approximate surface area is 114 Å². The molecule has 0 aliphatic carbocycles. The van der Waals surface area contributed by atoms with Gasteiger partial charge in [0.1, 0.15) is 5.82 Å². The lowest BCUT2D eigenvalue weighted by Crippen LogP contribution is -2.27. The van der Waals surface area contributed by atoms with Crippen LogP contribution >= 0.6 is 0 Å². The summed E-state index contributed by atoms with van der Waals surface area (Å²) >= 11 is 0. The summed E-state index contributed by atoms with van der Waals surface area (Å²) < 4.78 is 13.1. The van der Waals surface area contributed by atoms with Crippen LogP contribution in [0.2, 0.25) is 0 Å². The van der Waals surface area contributed by atoms with Crippen LogP contribution < -0.4 is 11.1 Å². The van der Waals surface area contributed by atoms with E-state index in [4.69, 9.17) is 5.73 Å². The van der Waals surface area contributed by atoms with Gasteiger partial charge in [-0.2, -0.15) is 0 Å². The van der Waals surface area contributed by atoms with Crippen molar-refractivity contribution in [2.75, 3.05) is 6.54 Å². The molecular formula is C15H23FN2O. The second-order valence-electron chi connectivity index (χ2n) is 5.07. The molecule has 0 spiro atoms. The SMILES string of the molecule is CC(CCN)CCC(=O)N[C@@H](C)c1cccc(F)c1. The van der Waals surface area contributed by atoms with E-state index >= 15 is 0 Å². The van der Waals surface area contributed by atoms with Gasteiger partial charge in [-0.05, 0) is 49.9 Å². The van der Waals surface area contributed by atoms with Crippen molar-refractivity contribution < 1.29 is 9.18 Å². The number of hydrogen-bond donors (Lipinski definition) is 2. The third-order valence-electron chi connectivity index (χ3n) is 3.25. The van der Waals surface area contributed by atoms with Gasteiger partial charge >= 0.3 is 0 Å². The highest BCUT2D eigenvalue weighted by Crippen LogP contribution is 2.14. The number of carbonyl (C=O) groups is 1. The number of benzene rings is 1. The minimum Gasteiger partial charge on any atom is -0.350 e. The number of nitrogens with two attached hydrogens (primary N) is 1. The van der Waals surface area contributed by atoms with E-state index < -0.39 is 0 Å². The van der Waals surface area contributed by atoms with Crippen molar-refractivity contribution in [3.05, 3.63) is 35.6 Å². The lowest BCUT2D eigenvalue weighted by Gasteiger charge is -2.15. The summed E-state index contributed by atoms with van der Waals surface area (Å²) in [4.78, 5) is 11.8. The molecule has 1 unspecified atom stereocenters. The van der Waals surface area contributed by atoms with E-state index in [1.807, 2.05) is 13.0 Å². The summed E-state index contributed by atoms with van der Waals surface area (Å²) in [6.45, 7) is 4.61. The molecule has 1 aromatic rings. The van der Waals surface area contributed by atoms with Crippen molar-refractivity contribution in [2.24, 2.45) is 11.7 Å². The van der Waals surface area contributed by atoms with Gasteiger partial charge in [0.05, 0.1) is 6.04 Å². The van der Waals surface area contributed by atoms with E-state index in [9.17, 15) is 9.18 Å². The van der Waals surface area contributed by atoms with Gasteiger partial charge in [0.15, 0.2) is 0 Å². The number of halogens is 1. The monoisotopic (exact) mass is 266 g/mol. The van der Waals surface area contributed by atoms with Crippen LogP contribution in [-0.2, 0) is 4.79 Å². The molecule has 3 N–H and O–H groups in total. The third-order valence-corrected chi connectivity index (χ3v) is 3.25. The van der Waals surface area contributed by atoms with Crippen LogP contribution in [0.4, 0.5) is 4.39 Å². The highest BCUT2D eigenvalue weighted by atomic mass is 19.1. The van der Waals surface area contributed by atoms with Gasteiger partial charge in [0.25, 0.3) is 0 Å². The number of nitrogens with one attached hydrogen (secondary N) is 1. The Morgan fingerprint density at radius 3 is 2.74 bits per heavy atom.